The Kier molecular flexibility index (Phi) is 4.41. The first kappa shape index (κ1) is 17.3. The molecule has 2 fully saturated rings. The number of rotatable bonds is 2. The summed E-state index contributed by atoms with van der Waals surface area (Å²) in [7, 11) is 0. The number of halogens is 1. The lowest BCUT2D eigenvalue weighted by Crippen LogP contribution is -2.60. The maximum absolute atomic E-state index is 13.2. The molecule has 0 unspecified atom stereocenters. The van der Waals surface area contributed by atoms with Crippen molar-refractivity contribution in [3.8, 4) is 0 Å². The number of cyclic esters (lactones) is 1. The van der Waals surface area contributed by atoms with Crippen LogP contribution in [0.4, 0.5) is 0 Å². The molecule has 1 aromatic carbocycles. The van der Waals surface area contributed by atoms with Gasteiger partial charge in [0.25, 0.3) is 0 Å². The van der Waals surface area contributed by atoms with Crippen molar-refractivity contribution in [2.45, 2.75) is 52.1 Å². The molecule has 2 aliphatic rings. The van der Waals surface area contributed by atoms with Gasteiger partial charge in [-0.2, -0.15) is 0 Å². The van der Waals surface area contributed by atoms with E-state index in [1.54, 1.807) is 38.1 Å². The number of benzene rings is 1. The second-order valence-electron chi connectivity index (χ2n) is 7.35. The Hall–Kier alpha value is -1.49. The lowest BCUT2D eigenvalue weighted by molar-refractivity contribution is -0.186. The van der Waals surface area contributed by atoms with Crippen LogP contribution in [0.1, 0.15) is 56.3 Å². The van der Waals surface area contributed by atoms with Crippen molar-refractivity contribution in [3.63, 3.8) is 0 Å². The summed E-state index contributed by atoms with van der Waals surface area (Å²) in [6.07, 6.45) is 2.74. The zero-order valence-electron chi connectivity index (χ0n) is 13.9. The van der Waals surface area contributed by atoms with Crippen LogP contribution >= 0.6 is 15.9 Å². The Balaban J connectivity index is 1.94. The molecule has 1 saturated heterocycles. The van der Waals surface area contributed by atoms with Gasteiger partial charge in [-0.1, -0.05) is 47.3 Å². The molecule has 0 radical (unpaired) electrons. The molecular formula is C19H21BrO4. The number of hydrogen-bond acceptors (Lipinski definition) is 4. The van der Waals surface area contributed by atoms with Gasteiger partial charge in [0.05, 0.1) is 5.41 Å². The van der Waals surface area contributed by atoms with Crippen molar-refractivity contribution in [1.82, 2.24) is 0 Å². The minimum Gasteiger partial charge on any atom is -0.452 e. The van der Waals surface area contributed by atoms with Crippen molar-refractivity contribution in [2.24, 2.45) is 10.8 Å². The highest BCUT2D eigenvalue weighted by molar-refractivity contribution is 9.10. The average Bonchev–Trinajstić information content (AvgIpc) is 2.58. The molecule has 1 aliphatic carbocycles. The van der Waals surface area contributed by atoms with E-state index in [4.69, 9.17) is 4.74 Å². The number of ether oxygens (including phenoxy) is 1. The van der Waals surface area contributed by atoms with Gasteiger partial charge < -0.3 is 4.74 Å². The van der Waals surface area contributed by atoms with Crippen LogP contribution < -0.4 is 0 Å². The summed E-state index contributed by atoms with van der Waals surface area (Å²) >= 11 is 3.33. The molecule has 0 aromatic heterocycles. The summed E-state index contributed by atoms with van der Waals surface area (Å²) in [5, 5.41) is 0. The lowest BCUT2D eigenvalue weighted by atomic mass is 9.60. The van der Waals surface area contributed by atoms with Crippen molar-refractivity contribution in [3.05, 3.63) is 34.3 Å². The second-order valence-corrected chi connectivity index (χ2v) is 8.27. The molecule has 3 rings (SSSR count). The fourth-order valence-corrected chi connectivity index (χ4v) is 4.19. The van der Waals surface area contributed by atoms with Gasteiger partial charge in [-0.3, -0.25) is 14.4 Å². The first-order valence-electron chi connectivity index (χ1n) is 8.35. The number of hydrogen-bond donors (Lipinski definition) is 0. The van der Waals surface area contributed by atoms with Gasteiger partial charge in [-0.05, 0) is 38.8 Å². The summed E-state index contributed by atoms with van der Waals surface area (Å²) < 4.78 is 6.45. The Morgan fingerprint density at radius 1 is 1.08 bits per heavy atom. The minimum atomic E-state index is -1.06. The lowest BCUT2D eigenvalue weighted by Gasteiger charge is -2.46. The Bertz CT molecular complexity index is 684. The molecule has 24 heavy (non-hydrogen) atoms. The van der Waals surface area contributed by atoms with Crippen LogP contribution in [0.5, 0.6) is 0 Å². The van der Waals surface area contributed by atoms with Crippen LogP contribution in [0.25, 0.3) is 0 Å². The molecule has 0 bridgehead atoms. The SMILES string of the molecule is CC1(C)C(=O)C2(CCCCC2)C(=O)O[C@H]1C(=O)c1ccc(Br)cc1. The van der Waals surface area contributed by atoms with Crippen LogP contribution in [-0.4, -0.2) is 23.6 Å². The highest BCUT2D eigenvalue weighted by Gasteiger charge is 2.61. The quantitative estimate of drug-likeness (QED) is 0.431. The molecule has 1 atom stereocenters. The second kappa shape index (κ2) is 6.10. The van der Waals surface area contributed by atoms with Crippen LogP contribution in [0.15, 0.2) is 28.7 Å². The molecule has 1 aliphatic heterocycles. The predicted molar refractivity (Wildman–Crippen MR) is 92.7 cm³/mol. The molecule has 0 amide bonds. The van der Waals surface area contributed by atoms with Crippen LogP contribution in [0.3, 0.4) is 0 Å². The van der Waals surface area contributed by atoms with E-state index in [1.165, 1.54) is 0 Å². The van der Waals surface area contributed by atoms with E-state index < -0.39 is 22.9 Å². The number of Topliss-reactive ketones (excluding diaryl/α,β-unsaturated/α-hetero) is 2. The highest BCUT2D eigenvalue weighted by Crippen LogP contribution is 2.49. The van der Waals surface area contributed by atoms with Gasteiger partial charge in [0.1, 0.15) is 5.41 Å². The normalized spacial score (nSPS) is 25.4. The highest BCUT2D eigenvalue weighted by atomic mass is 79.9. The van der Waals surface area contributed by atoms with E-state index in [0.29, 0.717) is 18.4 Å². The summed E-state index contributed by atoms with van der Waals surface area (Å²) in [6.45, 7) is 3.44. The van der Waals surface area contributed by atoms with E-state index in [1.807, 2.05) is 0 Å². The van der Waals surface area contributed by atoms with E-state index in [9.17, 15) is 14.4 Å². The first-order chi connectivity index (χ1) is 11.3. The monoisotopic (exact) mass is 392 g/mol. The molecule has 128 valence electrons. The largest absolute Gasteiger partial charge is 0.452 e. The van der Waals surface area contributed by atoms with Crippen molar-refractivity contribution in [2.75, 3.05) is 0 Å². The Labute approximate surface area is 150 Å². The van der Waals surface area contributed by atoms with E-state index in [-0.39, 0.29) is 11.6 Å². The fraction of sp³-hybridized carbons (Fsp3) is 0.526. The van der Waals surface area contributed by atoms with Crippen LogP contribution in [0, 0.1) is 10.8 Å². The van der Waals surface area contributed by atoms with Gasteiger partial charge in [0.2, 0.25) is 5.78 Å². The third kappa shape index (κ3) is 2.63. The smallest absolute Gasteiger partial charge is 0.320 e. The van der Waals surface area contributed by atoms with Crippen molar-refractivity contribution in [1.29, 1.82) is 0 Å². The summed E-state index contributed by atoms with van der Waals surface area (Å²) in [4.78, 5) is 38.7. The first-order valence-corrected chi connectivity index (χ1v) is 9.14. The number of esters is 1. The van der Waals surface area contributed by atoms with E-state index in [2.05, 4.69) is 15.9 Å². The Morgan fingerprint density at radius 3 is 2.25 bits per heavy atom. The molecule has 1 spiro atoms. The molecule has 1 aromatic rings. The molecule has 1 heterocycles. The predicted octanol–water partition coefficient (Wildman–Crippen LogP) is 4.10. The fourth-order valence-electron chi connectivity index (χ4n) is 3.93. The van der Waals surface area contributed by atoms with Gasteiger partial charge in [0, 0.05) is 10.0 Å². The molecule has 1 saturated carbocycles. The molecule has 5 heteroatoms. The van der Waals surface area contributed by atoms with Gasteiger partial charge in [-0.15, -0.1) is 0 Å². The van der Waals surface area contributed by atoms with Gasteiger partial charge in [-0.25, -0.2) is 0 Å². The minimum absolute atomic E-state index is 0.138. The summed E-state index contributed by atoms with van der Waals surface area (Å²) in [5.74, 6) is -0.969. The standard InChI is InChI=1S/C19H21BrO4/c1-18(2)15(14(21)12-6-8-13(20)9-7-12)24-17(23)19(16(18)22)10-4-3-5-11-19/h6-9,15H,3-5,10-11H2,1-2H3/t15-/m0/s1. The maximum atomic E-state index is 13.2. The maximum Gasteiger partial charge on any atom is 0.320 e. The number of ketones is 2. The van der Waals surface area contributed by atoms with E-state index in [0.717, 1.165) is 23.7 Å². The van der Waals surface area contributed by atoms with E-state index >= 15 is 0 Å². The molecule has 4 nitrogen and oxygen atoms in total. The third-order valence-electron chi connectivity index (χ3n) is 5.36. The summed E-state index contributed by atoms with van der Waals surface area (Å²) in [5.41, 5.74) is -1.62. The van der Waals surface area contributed by atoms with Crippen molar-refractivity contribution >= 4 is 33.5 Å². The molecule has 0 N–H and O–H groups in total. The zero-order valence-corrected chi connectivity index (χ0v) is 15.5. The average molecular weight is 393 g/mol. The molecular weight excluding hydrogens is 372 g/mol. The summed E-state index contributed by atoms with van der Waals surface area (Å²) in [6, 6.07) is 6.86. The topological polar surface area (TPSA) is 60.4 Å². The van der Waals surface area contributed by atoms with Gasteiger partial charge >= 0.3 is 5.97 Å². The van der Waals surface area contributed by atoms with Crippen molar-refractivity contribution < 1.29 is 19.1 Å². The Morgan fingerprint density at radius 2 is 1.67 bits per heavy atom. The van der Waals surface area contributed by atoms with Gasteiger partial charge in [0.15, 0.2) is 11.9 Å². The number of carbonyl (C=O) groups is 3. The number of carbonyl (C=O) groups excluding carboxylic acids is 3. The van der Waals surface area contributed by atoms with Crippen LogP contribution in [-0.2, 0) is 14.3 Å². The third-order valence-corrected chi connectivity index (χ3v) is 5.89. The zero-order chi connectivity index (χ0) is 17.5. The van der Waals surface area contributed by atoms with Crippen LogP contribution in [0.2, 0.25) is 0 Å².